The molecule has 3 heterocycles. The van der Waals surface area contributed by atoms with Gasteiger partial charge >= 0.3 is 0 Å². The topological polar surface area (TPSA) is 71.3 Å². The molecule has 2 aliphatic heterocycles. The van der Waals surface area contributed by atoms with Gasteiger partial charge in [0, 0.05) is 13.0 Å². The molecule has 1 unspecified atom stereocenters. The van der Waals surface area contributed by atoms with Crippen molar-refractivity contribution in [2.24, 2.45) is 0 Å². The Balaban J connectivity index is 1.60. The monoisotopic (exact) mass is 455 g/mol. The SMILES string of the molecule is CC(C)c1ccc(C2C(C(=O)c3cccs3)=C(O)C(=O)N2CCC[NH+]2CCOCC2)cc1. The molecular formula is C25H31N2O4S+. The Kier molecular flexibility index (Phi) is 7.08. The molecule has 7 heteroatoms. The summed E-state index contributed by atoms with van der Waals surface area (Å²) in [5, 5.41) is 12.6. The molecule has 0 saturated carbocycles. The van der Waals surface area contributed by atoms with E-state index >= 15 is 0 Å². The molecule has 0 aliphatic carbocycles. The summed E-state index contributed by atoms with van der Waals surface area (Å²) in [6.45, 7) is 9.17. The van der Waals surface area contributed by atoms with Crippen LogP contribution < -0.4 is 4.90 Å². The molecule has 0 spiro atoms. The zero-order valence-electron chi connectivity index (χ0n) is 18.7. The molecular weight excluding hydrogens is 424 g/mol. The molecule has 2 aromatic rings. The number of aliphatic hydroxyl groups excluding tert-OH is 1. The Hall–Kier alpha value is -2.48. The second kappa shape index (κ2) is 9.98. The number of aliphatic hydroxyl groups is 1. The van der Waals surface area contributed by atoms with Crippen molar-refractivity contribution in [3.8, 4) is 0 Å². The van der Waals surface area contributed by atoms with E-state index in [9.17, 15) is 14.7 Å². The Morgan fingerprint density at radius 3 is 2.56 bits per heavy atom. The molecule has 6 nitrogen and oxygen atoms in total. The van der Waals surface area contributed by atoms with Gasteiger partial charge in [-0.05, 0) is 28.5 Å². The normalized spacial score (nSPS) is 19.9. The van der Waals surface area contributed by atoms with Crippen LogP contribution in [0.5, 0.6) is 0 Å². The van der Waals surface area contributed by atoms with Crippen LogP contribution in [0.4, 0.5) is 0 Å². The first kappa shape index (κ1) is 22.7. The Morgan fingerprint density at radius 2 is 1.94 bits per heavy atom. The number of carbonyl (C=O) groups is 2. The lowest BCUT2D eigenvalue weighted by molar-refractivity contribution is -0.908. The summed E-state index contributed by atoms with van der Waals surface area (Å²) in [6, 6.07) is 11.0. The van der Waals surface area contributed by atoms with Gasteiger partial charge in [-0.2, -0.15) is 0 Å². The van der Waals surface area contributed by atoms with Gasteiger partial charge in [0.2, 0.25) is 5.78 Å². The predicted molar refractivity (Wildman–Crippen MR) is 124 cm³/mol. The van der Waals surface area contributed by atoms with E-state index < -0.39 is 17.7 Å². The van der Waals surface area contributed by atoms with Gasteiger partial charge in [-0.1, -0.05) is 44.2 Å². The first-order valence-corrected chi connectivity index (χ1v) is 12.2. The predicted octanol–water partition coefficient (Wildman–Crippen LogP) is 2.76. The highest BCUT2D eigenvalue weighted by Crippen LogP contribution is 2.39. The first-order chi connectivity index (χ1) is 15.5. The van der Waals surface area contributed by atoms with Crippen molar-refractivity contribution < 1.29 is 24.3 Å². The van der Waals surface area contributed by atoms with Crippen LogP contribution in [-0.2, 0) is 9.53 Å². The minimum atomic E-state index is -0.571. The second-order valence-corrected chi connectivity index (χ2v) is 9.70. The number of hydrogen-bond donors (Lipinski definition) is 2. The number of nitrogens with one attached hydrogen (secondary N) is 1. The number of Topliss-reactive ketones (excluding diaryl/α,β-unsaturated/α-hetero) is 1. The van der Waals surface area contributed by atoms with Crippen LogP contribution in [0.25, 0.3) is 0 Å². The summed E-state index contributed by atoms with van der Waals surface area (Å²) in [5.74, 6) is -0.761. The number of ether oxygens (including phenoxy) is 1. The molecule has 0 bridgehead atoms. The van der Waals surface area contributed by atoms with Crippen LogP contribution in [0.2, 0.25) is 0 Å². The quantitative estimate of drug-likeness (QED) is 0.601. The van der Waals surface area contributed by atoms with Crippen LogP contribution in [0.3, 0.4) is 0 Å². The maximum absolute atomic E-state index is 13.3. The summed E-state index contributed by atoms with van der Waals surface area (Å²) in [7, 11) is 0. The van der Waals surface area contributed by atoms with Gasteiger partial charge in [-0.3, -0.25) is 9.59 Å². The van der Waals surface area contributed by atoms with Crippen molar-refractivity contribution in [1.29, 1.82) is 0 Å². The molecule has 1 aromatic carbocycles. The van der Waals surface area contributed by atoms with E-state index in [2.05, 4.69) is 13.8 Å². The number of morpholine rings is 1. The Bertz CT molecular complexity index is 976. The highest BCUT2D eigenvalue weighted by Gasteiger charge is 2.43. The van der Waals surface area contributed by atoms with E-state index in [4.69, 9.17) is 4.74 Å². The summed E-state index contributed by atoms with van der Waals surface area (Å²) < 4.78 is 5.43. The third kappa shape index (κ3) is 4.65. The third-order valence-electron chi connectivity index (χ3n) is 6.34. The van der Waals surface area contributed by atoms with Crippen molar-refractivity contribution in [2.45, 2.75) is 32.2 Å². The minimum Gasteiger partial charge on any atom is -0.503 e. The number of quaternary nitrogens is 1. The molecule has 32 heavy (non-hydrogen) atoms. The van der Waals surface area contributed by atoms with Crippen LogP contribution in [0.1, 0.15) is 53.0 Å². The fourth-order valence-corrected chi connectivity index (χ4v) is 5.15. The molecule has 2 aliphatic rings. The van der Waals surface area contributed by atoms with Crippen molar-refractivity contribution in [1.82, 2.24) is 4.90 Å². The fourth-order valence-electron chi connectivity index (χ4n) is 4.48. The zero-order valence-corrected chi connectivity index (χ0v) is 19.5. The second-order valence-electron chi connectivity index (χ2n) is 8.76. The molecule has 1 fully saturated rings. The van der Waals surface area contributed by atoms with E-state index in [0.717, 1.165) is 44.8 Å². The number of nitrogens with zero attached hydrogens (tertiary/aromatic N) is 1. The number of rotatable bonds is 8. The van der Waals surface area contributed by atoms with Gasteiger partial charge in [0.25, 0.3) is 5.91 Å². The molecule has 1 aromatic heterocycles. The molecule has 1 amide bonds. The lowest BCUT2D eigenvalue weighted by Gasteiger charge is -2.28. The van der Waals surface area contributed by atoms with Crippen LogP contribution in [-0.4, -0.2) is 61.1 Å². The average molecular weight is 456 g/mol. The summed E-state index contributed by atoms with van der Waals surface area (Å²) in [4.78, 5) is 30.0. The van der Waals surface area contributed by atoms with Gasteiger partial charge in [-0.15, -0.1) is 11.3 Å². The van der Waals surface area contributed by atoms with Gasteiger partial charge in [0.15, 0.2) is 5.76 Å². The smallest absolute Gasteiger partial charge is 0.290 e. The van der Waals surface area contributed by atoms with Crippen molar-refractivity contribution in [3.63, 3.8) is 0 Å². The van der Waals surface area contributed by atoms with Crippen molar-refractivity contribution in [2.75, 3.05) is 39.4 Å². The van der Waals surface area contributed by atoms with Crippen LogP contribution in [0, 0.1) is 0 Å². The highest BCUT2D eigenvalue weighted by atomic mass is 32.1. The standard InChI is InChI=1S/C25H30N2O4S/c1-17(2)18-6-8-19(9-7-18)22-21(23(28)20-5-3-16-32-20)24(29)25(30)27(22)11-4-10-26-12-14-31-15-13-26/h3,5-9,16-17,22,29H,4,10-15H2,1-2H3/p+1. The molecule has 2 N–H and O–H groups in total. The molecule has 4 rings (SSSR count). The number of amides is 1. The Labute approximate surface area is 193 Å². The van der Waals surface area contributed by atoms with E-state index in [1.54, 1.807) is 11.0 Å². The lowest BCUT2D eigenvalue weighted by atomic mass is 9.93. The van der Waals surface area contributed by atoms with Crippen LogP contribution in [0.15, 0.2) is 53.1 Å². The molecule has 1 saturated heterocycles. The molecule has 0 radical (unpaired) electrons. The maximum Gasteiger partial charge on any atom is 0.290 e. The van der Waals surface area contributed by atoms with E-state index in [1.807, 2.05) is 35.7 Å². The average Bonchev–Trinajstić information content (AvgIpc) is 3.43. The van der Waals surface area contributed by atoms with Gasteiger partial charge in [-0.25, -0.2) is 0 Å². The highest BCUT2D eigenvalue weighted by molar-refractivity contribution is 7.12. The Morgan fingerprint density at radius 1 is 1.22 bits per heavy atom. The number of benzene rings is 1. The lowest BCUT2D eigenvalue weighted by Crippen LogP contribution is -3.14. The van der Waals surface area contributed by atoms with Crippen LogP contribution >= 0.6 is 11.3 Å². The van der Waals surface area contributed by atoms with Crippen molar-refractivity contribution >= 4 is 23.0 Å². The summed E-state index contributed by atoms with van der Waals surface area (Å²) in [5.41, 5.74) is 2.23. The van der Waals surface area contributed by atoms with Gasteiger partial charge < -0.3 is 19.6 Å². The van der Waals surface area contributed by atoms with Gasteiger partial charge in [0.1, 0.15) is 13.1 Å². The van der Waals surface area contributed by atoms with E-state index in [-0.39, 0.29) is 11.4 Å². The van der Waals surface area contributed by atoms with E-state index in [0.29, 0.717) is 17.3 Å². The first-order valence-electron chi connectivity index (χ1n) is 11.3. The summed E-state index contributed by atoms with van der Waals surface area (Å²) >= 11 is 1.32. The molecule has 1 atom stereocenters. The molecule has 170 valence electrons. The van der Waals surface area contributed by atoms with E-state index in [1.165, 1.54) is 21.8 Å². The zero-order chi connectivity index (χ0) is 22.7. The number of hydrogen-bond acceptors (Lipinski definition) is 5. The number of thiophene rings is 1. The maximum atomic E-state index is 13.3. The van der Waals surface area contributed by atoms with Crippen molar-refractivity contribution in [3.05, 3.63) is 69.1 Å². The number of ketones is 1. The number of carbonyl (C=O) groups excluding carboxylic acids is 2. The third-order valence-corrected chi connectivity index (χ3v) is 7.21. The summed E-state index contributed by atoms with van der Waals surface area (Å²) in [6.07, 6.45) is 0.801. The minimum absolute atomic E-state index is 0.188. The fraction of sp³-hybridized carbons (Fsp3) is 0.440. The van der Waals surface area contributed by atoms with Gasteiger partial charge in [0.05, 0.1) is 36.3 Å². The largest absolute Gasteiger partial charge is 0.503 e.